The van der Waals surface area contributed by atoms with Gasteiger partial charge < -0.3 is 19.1 Å². The Morgan fingerprint density at radius 1 is 0.702 bits per heavy atom. The van der Waals surface area contributed by atoms with Gasteiger partial charge in [0.15, 0.2) is 0 Å². The zero-order valence-electron chi connectivity index (χ0n) is 26.9. The van der Waals surface area contributed by atoms with Crippen LogP contribution in [-0.4, -0.2) is 30.1 Å². The predicted molar refractivity (Wildman–Crippen MR) is 200 cm³/mol. The highest BCUT2D eigenvalue weighted by atomic mass is 35.5. The number of nitrogens with one attached hydrogen (secondary N) is 2. The van der Waals surface area contributed by atoms with Gasteiger partial charge in [-0.1, -0.05) is 50.2 Å². The van der Waals surface area contributed by atoms with Crippen molar-refractivity contribution in [3.63, 3.8) is 0 Å². The number of hydrogen-bond donors (Lipinski definition) is 2. The largest absolute Gasteiger partial charge is 0.345 e. The van der Waals surface area contributed by atoms with Crippen molar-refractivity contribution in [2.75, 3.05) is 0 Å². The molecule has 0 unspecified atom stereocenters. The third-order valence-corrected chi connectivity index (χ3v) is 10.2. The third-order valence-electron chi connectivity index (χ3n) is 8.31. The lowest BCUT2D eigenvalue weighted by Crippen LogP contribution is -2.05. The van der Waals surface area contributed by atoms with E-state index >= 15 is 0 Å². The molecule has 0 radical (unpaired) electrons. The SMILES string of the molecule is CCCn1c(C)c(C(=O)c2cc3ccsc3[nH]2)c2ccccc21.CCCn1c(C)cc2ccccc21.O=C(Cl)c1cc2ccsc2[nH]1. The van der Waals surface area contributed by atoms with Crippen LogP contribution in [0.3, 0.4) is 0 Å². The molecule has 47 heavy (non-hydrogen) atoms. The molecular formula is C38H37ClN4O2S2. The number of carbonyl (C=O) groups is 2. The van der Waals surface area contributed by atoms with Crippen molar-refractivity contribution in [1.82, 2.24) is 19.1 Å². The van der Waals surface area contributed by atoms with E-state index in [9.17, 15) is 9.59 Å². The van der Waals surface area contributed by atoms with Gasteiger partial charge in [-0.3, -0.25) is 9.59 Å². The Hall–Kier alpha value is -4.37. The zero-order chi connectivity index (χ0) is 33.1. The molecule has 2 aromatic carbocycles. The van der Waals surface area contributed by atoms with Gasteiger partial charge in [0.25, 0.3) is 5.24 Å². The number of fused-ring (bicyclic) bond motifs is 4. The first kappa shape index (κ1) is 32.6. The van der Waals surface area contributed by atoms with Crippen LogP contribution in [0.4, 0.5) is 0 Å². The molecule has 0 aliphatic carbocycles. The lowest BCUT2D eigenvalue weighted by Gasteiger charge is -2.06. The standard InChI is InChI=1S/C19H18N2OS.C12H15N.C7H4ClNOS/c1-3-9-21-12(2)17(14-6-4-5-7-16(14)21)18(22)15-11-13-8-10-23-19(13)20-15;1-3-8-13-10(2)9-11-6-4-5-7-12(11)13;8-6(10)5-3-4-1-2-11-7(4)9-5/h4-8,10-11,20H,3,9H2,1-2H3;4-7,9H,3,8H2,1-2H3;1-3,9H. The van der Waals surface area contributed by atoms with Gasteiger partial charge in [0.2, 0.25) is 5.78 Å². The average molecular weight is 681 g/mol. The van der Waals surface area contributed by atoms with E-state index in [-0.39, 0.29) is 5.78 Å². The van der Waals surface area contributed by atoms with E-state index in [0.717, 1.165) is 62.1 Å². The molecule has 9 heteroatoms. The molecule has 2 N–H and O–H groups in total. The summed E-state index contributed by atoms with van der Waals surface area (Å²) in [5.41, 5.74) is 6.88. The van der Waals surface area contributed by atoms with Gasteiger partial charge >= 0.3 is 0 Å². The molecule has 240 valence electrons. The maximum absolute atomic E-state index is 13.1. The number of aromatic amines is 2. The summed E-state index contributed by atoms with van der Waals surface area (Å²) in [4.78, 5) is 32.0. The molecule has 0 fully saturated rings. The Kier molecular flexibility index (Phi) is 9.82. The van der Waals surface area contributed by atoms with Crippen LogP contribution < -0.4 is 0 Å². The summed E-state index contributed by atoms with van der Waals surface area (Å²) in [6, 6.07) is 26.7. The molecule has 8 rings (SSSR count). The molecule has 6 heterocycles. The van der Waals surface area contributed by atoms with Gasteiger partial charge in [0, 0.05) is 51.7 Å². The number of thiophene rings is 2. The summed E-state index contributed by atoms with van der Waals surface area (Å²) in [5, 5.41) is 8.10. The second kappa shape index (κ2) is 14.2. The van der Waals surface area contributed by atoms with Crippen LogP contribution in [0, 0.1) is 13.8 Å². The highest BCUT2D eigenvalue weighted by Gasteiger charge is 2.22. The highest BCUT2D eigenvalue weighted by molar-refractivity contribution is 7.17. The minimum absolute atomic E-state index is 0.0805. The van der Waals surface area contributed by atoms with Crippen LogP contribution in [0.15, 0.2) is 89.6 Å². The van der Waals surface area contributed by atoms with Crippen molar-refractivity contribution in [3.8, 4) is 0 Å². The summed E-state index contributed by atoms with van der Waals surface area (Å²) < 4.78 is 4.64. The number of hydrogen-bond acceptors (Lipinski definition) is 4. The van der Waals surface area contributed by atoms with Crippen LogP contribution in [-0.2, 0) is 13.1 Å². The number of H-pyrrole nitrogens is 2. The van der Waals surface area contributed by atoms with Crippen LogP contribution in [0.2, 0.25) is 0 Å². The highest BCUT2D eigenvalue weighted by Crippen LogP contribution is 2.30. The van der Waals surface area contributed by atoms with Crippen molar-refractivity contribution in [2.45, 2.75) is 53.6 Å². The first-order valence-electron chi connectivity index (χ1n) is 15.8. The molecule has 8 aromatic rings. The Labute approximate surface area is 286 Å². The van der Waals surface area contributed by atoms with Gasteiger partial charge in [-0.15, -0.1) is 22.7 Å². The summed E-state index contributed by atoms with van der Waals surface area (Å²) in [6.07, 6.45) is 2.24. The normalized spacial score (nSPS) is 11.2. The van der Waals surface area contributed by atoms with E-state index in [1.165, 1.54) is 23.0 Å². The predicted octanol–water partition coefficient (Wildman–Crippen LogP) is 11.1. The monoisotopic (exact) mass is 680 g/mol. The Morgan fingerprint density at radius 3 is 1.91 bits per heavy atom. The minimum atomic E-state index is -0.437. The van der Waals surface area contributed by atoms with Crippen molar-refractivity contribution in [3.05, 3.63) is 118 Å². The smallest absolute Gasteiger partial charge is 0.268 e. The van der Waals surface area contributed by atoms with Crippen molar-refractivity contribution in [1.29, 1.82) is 0 Å². The maximum Gasteiger partial charge on any atom is 0.268 e. The lowest BCUT2D eigenvalue weighted by molar-refractivity contribution is 0.103. The molecule has 6 nitrogen and oxygen atoms in total. The molecule has 0 aliphatic rings. The topological polar surface area (TPSA) is 75.6 Å². The van der Waals surface area contributed by atoms with E-state index in [2.05, 4.69) is 76.3 Å². The quantitative estimate of drug-likeness (QED) is 0.130. The second-order valence-electron chi connectivity index (χ2n) is 11.5. The van der Waals surface area contributed by atoms with E-state index in [1.54, 1.807) is 28.7 Å². The number of halogens is 1. The first-order chi connectivity index (χ1) is 22.8. The summed E-state index contributed by atoms with van der Waals surface area (Å²) >= 11 is 8.45. The van der Waals surface area contributed by atoms with Crippen LogP contribution in [0.1, 0.15) is 64.6 Å². The van der Waals surface area contributed by atoms with E-state index in [4.69, 9.17) is 11.6 Å². The number of carbonyl (C=O) groups excluding carboxylic acids is 2. The van der Waals surface area contributed by atoms with Gasteiger partial charge in [0.1, 0.15) is 15.4 Å². The van der Waals surface area contributed by atoms with Crippen LogP contribution in [0.5, 0.6) is 0 Å². The Balaban J connectivity index is 0.000000136. The maximum atomic E-state index is 13.1. The average Bonchev–Trinajstić information content (AvgIpc) is 3.90. The molecule has 0 spiro atoms. The number of aromatic nitrogens is 4. The van der Waals surface area contributed by atoms with Crippen molar-refractivity contribution >= 4 is 87.5 Å². The molecule has 0 aliphatic heterocycles. The first-order valence-corrected chi connectivity index (χ1v) is 17.9. The zero-order valence-corrected chi connectivity index (χ0v) is 29.3. The van der Waals surface area contributed by atoms with Gasteiger partial charge in [-0.2, -0.15) is 0 Å². The van der Waals surface area contributed by atoms with Gasteiger partial charge in [-0.05, 0) is 96.9 Å². The molecule has 0 saturated heterocycles. The van der Waals surface area contributed by atoms with Crippen LogP contribution in [0.25, 0.3) is 42.2 Å². The third kappa shape index (κ3) is 6.59. The number of benzene rings is 2. The lowest BCUT2D eigenvalue weighted by atomic mass is 10.0. The number of rotatable bonds is 7. The number of aryl methyl sites for hydroxylation is 3. The fraction of sp³-hybridized carbons (Fsp3) is 0.211. The van der Waals surface area contributed by atoms with Crippen molar-refractivity contribution < 1.29 is 9.59 Å². The minimum Gasteiger partial charge on any atom is -0.345 e. The van der Waals surface area contributed by atoms with Gasteiger partial charge in [-0.25, -0.2) is 0 Å². The second-order valence-corrected chi connectivity index (χ2v) is 13.7. The molecule has 6 aromatic heterocycles. The molecule has 0 atom stereocenters. The van der Waals surface area contributed by atoms with Crippen molar-refractivity contribution in [2.24, 2.45) is 0 Å². The summed E-state index contributed by atoms with van der Waals surface area (Å²) in [7, 11) is 0. The van der Waals surface area contributed by atoms with E-state index in [1.807, 2.05) is 54.1 Å². The number of nitrogens with zero attached hydrogens (tertiary/aromatic N) is 2. The van der Waals surface area contributed by atoms with E-state index in [0.29, 0.717) is 11.4 Å². The van der Waals surface area contributed by atoms with Gasteiger partial charge in [0.05, 0.1) is 11.3 Å². The number of para-hydroxylation sites is 2. The van der Waals surface area contributed by atoms with Crippen LogP contribution >= 0.6 is 34.3 Å². The molecule has 0 saturated carbocycles. The Bertz CT molecular complexity index is 2270. The summed E-state index contributed by atoms with van der Waals surface area (Å²) in [5.74, 6) is 0.0805. The fourth-order valence-electron chi connectivity index (χ4n) is 6.16. The number of ketones is 1. The Morgan fingerprint density at radius 2 is 1.28 bits per heavy atom. The molecular weight excluding hydrogens is 644 g/mol. The summed E-state index contributed by atoms with van der Waals surface area (Å²) in [6.45, 7) is 10.7. The molecule has 0 bridgehead atoms. The molecule has 0 amide bonds. The van der Waals surface area contributed by atoms with E-state index < -0.39 is 5.24 Å². The fourth-order valence-corrected chi connectivity index (χ4v) is 7.82.